The predicted octanol–water partition coefficient (Wildman–Crippen LogP) is 1.29. The number of aromatic hydroxyl groups is 1. The highest BCUT2D eigenvalue weighted by atomic mass is 16.3. The molecule has 0 bridgehead atoms. The molecule has 1 heterocycles. The maximum atomic E-state index is 10.7. The van der Waals surface area contributed by atoms with Crippen molar-refractivity contribution in [2.24, 2.45) is 0 Å². The van der Waals surface area contributed by atoms with Crippen LogP contribution in [-0.4, -0.2) is 10.1 Å². The van der Waals surface area contributed by atoms with Crippen molar-refractivity contribution in [3.63, 3.8) is 0 Å². The lowest BCUT2D eigenvalue weighted by Crippen LogP contribution is -2.05. The minimum atomic E-state index is -0.404. The van der Waals surface area contributed by atoms with Crippen LogP contribution in [0.3, 0.4) is 0 Å². The summed E-state index contributed by atoms with van der Waals surface area (Å²) in [6, 6.07) is 3.03. The number of aryl methyl sites for hydroxylation is 1. The number of H-pyrrole nitrogens is 1. The van der Waals surface area contributed by atoms with Gasteiger partial charge in [-0.15, -0.1) is 0 Å². The number of hydrogen-bond acceptors (Lipinski definition) is 3. The standard InChI is InChI=1S/C7H6N2O2.C2H6/c1-4-2-6(10)9-7(11)5(4)3-8;1-2/h2H,1H3,(H2,9,10,11);1-2H3. The third kappa shape index (κ3) is 2.64. The fraction of sp³-hybridized carbons (Fsp3) is 0.333. The summed E-state index contributed by atoms with van der Waals surface area (Å²) in [5.74, 6) is -0.363. The lowest BCUT2D eigenvalue weighted by atomic mass is 10.2. The van der Waals surface area contributed by atoms with Gasteiger partial charge in [0.2, 0.25) is 5.88 Å². The number of nitriles is 1. The average Bonchev–Trinajstić information content (AvgIpc) is 2.07. The van der Waals surface area contributed by atoms with Gasteiger partial charge in [0.05, 0.1) is 0 Å². The van der Waals surface area contributed by atoms with E-state index in [-0.39, 0.29) is 11.4 Å². The van der Waals surface area contributed by atoms with E-state index in [9.17, 15) is 4.79 Å². The van der Waals surface area contributed by atoms with Gasteiger partial charge in [-0.1, -0.05) is 13.8 Å². The SMILES string of the molecule is CC.Cc1cc(=O)[nH]c(O)c1C#N. The topological polar surface area (TPSA) is 76.9 Å². The monoisotopic (exact) mass is 180 g/mol. The maximum absolute atomic E-state index is 10.7. The summed E-state index contributed by atoms with van der Waals surface area (Å²) < 4.78 is 0. The molecule has 2 N–H and O–H groups in total. The number of hydrogen-bond donors (Lipinski definition) is 2. The smallest absolute Gasteiger partial charge is 0.251 e. The van der Waals surface area contributed by atoms with Gasteiger partial charge in [0.25, 0.3) is 5.56 Å². The fourth-order valence-corrected chi connectivity index (χ4v) is 0.812. The fourth-order valence-electron chi connectivity index (χ4n) is 0.812. The van der Waals surface area contributed by atoms with Gasteiger partial charge in [-0.25, -0.2) is 0 Å². The minimum Gasteiger partial charge on any atom is -0.494 e. The summed E-state index contributed by atoms with van der Waals surface area (Å²) in [6.45, 7) is 5.59. The molecular formula is C9H12N2O2. The van der Waals surface area contributed by atoms with Crippen LogP contribution in [0.1, 0.15) is 25.0 Å². The Hall–Kier alpha value is -1.76. The maximum Gasteiger partial charge on any atom is 0.251 e. The molecule has 0 atom stereocenters. The van der Waals surface area contributed by atoms with Gasteiger partial charge >= 0.3 is 0 Å². The van der Waals surface area contributed by atoms with Crippen LogP contribution in [0.15, 0.2) is 10.9 Å². The second-order valence-electron chi connectivity index (χ2n) is 2.15. The highest BCUT2D eigenvalue weighted by molar-refractivity contribution is 5.42. The summed E-state index contributed by atoms with van der Waals surface area (Å²) in [7, 11) is 0. The second-order valence-corrected chi connectivity index (χ2v) is 2.15. The number of nitrogens with one attached hydrogen (secondary N) is 1. The van der Waals surface area contributed by atoms with E-state index in [0.717, 1.165) is 0 Å². The summed E-state index contributed by atoms with van der Waals surface area (Å²) >= 11 is 0. The quantitative estimate of drug-likeness (QED) is 0.631. The van der Waals surface area contributed by atoms with Crippen LogP contribution in [-0.2, 0) is 0 Å². The van der Waals surface area contributed by atoms with Crippen LogP contribution in [0, 0.1) is 18.3 Å². The molecule has 0 fully saturated rings. The van der Waals surface area contributed by atoms with Gasteiger partial charge in [-0.05, 0) is 12.5 Å². The first kappa shape index (κ1) is 11.2. The molecule has 4 heteroatoms. The van der Waals surface area contributed by atoms with Gasteiger partial charge in [0.15, 0.2) is 0 Å². The van der Waals surface area contributed by atoms with E-state index in [1.807, 2.05) is 13.8 Å². The van der Waals surface area contributed by atoms with E-state index in [0.29, 0.717) is 5.56 Å². The molecule has 0 aromatic carbocycles. The Balaban J connectivity index is 0.000000671. The lowest BCUT2D eigenvalue weighted by Gasteiger charge is -1.96. The van der Waals surface area contributed by atoms with Crippen molar-refractivity contribution < 1.29 is 5.11 Å². The molecule has 0 saturated heterocycles. The van der Waals surface area contributed by atoms with Crippen molar-refractivity contribution in [3.05, 3.63) is 27.5 Å². The van der Waals surface area contributed by atoms with Crippen molar-refractivity contribution in [3.8, 4) is 11.9 Å². The Morgan fingerprint density at radius 3 is 2.46 bits per heavy atom. The van der Waals surface area contributed by atoms with Crippen LogP contribution < -0.4 is 5.56 Å². The Morgan fingerprint density at radius 1 is 1.54 bits per heavy atom. The zero-order valence-corrected chi connectivity index (χ0v) is 7.88. The van der Waals surface area contributed by atoms with Crippen LogP contribution in [0.25, 0.3) is 0 Å². The molecule has 4 nitrogen and oxygen atoms in total. The molecule has 0 spiro atoms. The zero-order chi connectivity index (χ0) is 10.4. The van der Waals surface area contributed by atoms with Crippen LogP contribution in [0.2, 0.25) is 0 Å². The molecule has 1 aromatic rings. The van der Waals surface area contributed by atoms with Crippen molar-refractivity contribution >= 4 is 0 Å². The zero-order valence-electron chi connectivity index (χ0n) is 7.88. The first-order chi connectivity index (χ1) is 6.15. The summed E-state index contributed by atoms with van der Waals surface area (Å²) in [5, 5.41) is 17.5. The van der Waals surface area contributed by atoms with E-state index in [1.165, 1.54) is 6.07 Å². The van der Waals surface area contributed by atoms with Crippen molar-refractivity contribution in [2.75, 3.05) is 0 Å². The van der Waals surface area contributed by atoms with Crippen molar-refractivity contribution in [2.45, 2.75) is 20.8 Å². The van der Waals surface area contributed by atoms with E-state index in [4.69, 9.17) is 10.4 Å². The molecule has 0 aliphatic carbocycles. The first-order valence-electron chi connectivity index (χ1n) is 3.98. The number of nitrogens with zero attached hydrogens (tertiary/aromatic N) is 1. The van der Waals surface area contributed by atoms with E-state index < -0.39 is 5.56 Å². The lowest BCUT2D eigenvalue weighted by molar-refractivity contribution is 0.449. The van der Waals surface area contributed by atoms with Crippen molar-refractivity contribution in [1.29, 1.82) is 5.26 Å². The number of pyridine rings is 1. The van der Waals surface area contributed by atoms with E-state index in [2.05, 4.69) is 4.98 Å². The molecule has 0 radical (unpaired) electrons. The predicted molar refractivity (Wildman–Crippen MR) is 49.5 cm³/mol. The number of aromatic amines is 1. The highest BCUT2D eigenvalue weighted by Crippen LogP contribution is 2.12. The largest absolute Gasteiger partial charge is 0.494 e. The Bertz CT molecular complexity index is 348. The highest BCUT2D eigenvalue weighted by Gasteiger charge is 2.04. The van der Waals surface area contributed by atoms with Gasteiger partial charge < -0.3 is 5.11 Å². The molecule has 70 valence electrons. The van der Waals surface area contributed by atoms with E-state index >= 15 is 0 Å². The Kier molecular flexibility index (Phi) is 4.31. The molecule has 0 aliphatic heterocycles. The summed E-state index contributed by atoms with van der Waals surface area (Å²) in [5.41, 5.74) is 0.192. The van der Waals surface area contributed by atoms with Gasteiger partial charge in [0.1, 0.15) is 11.6 Å². The number of aromatic nitrogens is 1. The van der Waals surface area contributed by atoms with Gasteiger partial charge in [0, 0.05) is 6.07 Å². The first-order valence-corrected chi connectivity index (χ1v) is 3.98. The normalized spacial score (nSPS) is 8.15. The van der Waals surface area contributed by atoms with Gasteiger partial charge in [-0.2, -0.15) is 5.26 Å². The third-order valence-corrected chi connectivity index (χ3v) is 1.33. The Morgan fingerprint density at radius 2 is 2.08 bits per heavy atom. The third-order valence-electron chi connectivity index (χ3n) is 1.33. The minimum absolute atomic E-state index is 0.115. The van der Waals surface area contributed by atoms with Gasteiger partial charge in [-0.3, -0.25) is 9.78 Å². The molecule has 0 unspecified atom stereocenters. The van der Waals surface area contributed by atoms with Crippen molar-refractivity contribution in [1.82, 2.24) is 4.98 Å². The molecule has 0 saturated carbocycles. The van der Waals surface area contributed by atoms with E-state index in [1.54, 1.807) is 13.0 Å². The summed E-state index contributed by atoms with van der Waals surface area (Å²) in [6.07, 6.45) is 0. The average molecular weight is 180 g/mol. The molecule has 13 heavy (non-hydrogen) atoms. The Labute approximate surface area is 76.5 Å². The molecular weight excluding hydrogens is 168 g/mol. The molecule has 1 aromatic heterocycles. The molecule has 1 rings (SSSR count). The van der Waals surface area contributed by atoms with Crippen LogP contribution >= 0.6 is 0 Å². The second kappa shape index (κ2) is 4.99. The van der Waals surface area contributed by atoms with Crippen LogP contribution in [0.4, 0.5) is 0 Å². The molecule has 0 amide bonds. The van der Waals surface area contributed by atoms with Crippen LogP contribution in [0.5, 0.6) is 5.88 Å². The molecule has 0 aliphatic rings. The number of rotatable bonds is 0. The summed E-state index contributed by atoms with van der Waals surface area (Å²) in [4.78, 5) is 12.8.